The summed E-state index contributed by atoms with van der Waals surface area (Å²) in [6.07, 6.45) is 4.20. The third kappa shape index (κ3) is 6.95. The zero-order valence-corrected chi connectivity index (χ0v) is 10.7. The van der Waals surface area contributed by atoms with Crippen LogP contribution in [0.25, 0.3) is 0 Å². The quantitative estimate of drug-likeness (QED) is 0.457. The minimum atomic E-state index is -0.953. The number of rotatable bonds is 9. The second-order valence-electron chi connectivity index (χ2n) is 2.65. The Kier molecular flexibility index (Phi) is 9.22. The molecule has 3 nitrogen and oxygen atoms in total. The largest absolute Gasteiger partial charge is 0.379 e. The smallest absolute Gasteiger partial charge is 0.196 e. The first-order valence-electron chi connectivity index (χ1n) is 4.64. The van der Waals surface area contributed by atoms with Gasteiger partial charge in [0.15, 0.2) is 4.27 Å². The molecule has 0 aromatic carbocycles. The SMILES string of the molecule is CCOCCOCCC([O])(SC)SC. The van der Waals surface area contributed by atoms with Crippen LogP contribution in [0, 0.1) is 0 Å². The van der Waals surface area contributed by atoms with Crippen molar-refractivity contribution in [2.45, 2.75) is 17.6 Å². The van der Waals surface area contributed by atoms with Crippen LogP contribution in [0.15, 0.2) is 0 Å². The van der Waals surface area contributed by atoms with E-state index in [9.17, 15) is 5.11 Å². The molecule has 0 rings (SSSR count). The summed E-state index contributed by atoms with van der Waals surface area (Å²) < 4.78 is 9.44. The van der Waals surface area contributed by atoms with E-state index in [0.717, 1.165) is 0 Å². The maximum atomic E-state index is 11.7. The highest BCUT2D eigenvalue weighted by molar-refractivity contribution is 8.17. The molecule has 0 atom stereocenters. The molecule has 14 heavy (non-hydrogen) atoms. The molecule has 0 bridgehead atoms. The average Bonchev–Trinajstić information content (AvgIpc) is 2.23. The molecule has 0 saturated heterocycles. The van der Waals surface area contributed by atoms with Crippen LogP contribution in [0.4, 0.5) is 0 Å². The predicted molar refractivity (Wildman–Crippen MR) is 62.4 cm³/mol. The molecule has 85 valence electrons. The maximum Gasteiger partial charge on any atom is 0.196 e. The zero-order valence-electron chi connectivity index (χ0n) is 9.08. The van der Waals surface area contributed by atoms with Gasteiger partial charge in [0.05, 0.1) is 19.8 Å². The fourth-order valence-corrected chi connectivity index (χ4v) is 2.09. The molecule has 0 amide bonds. The van der Waals surface area contributed by atoms with E-state index in [0.29, 0.717) is 32.8 Å². The van der Waals surface area contributed by atoms with Gasteiger partial charge in [0, 0.05) is 13.0 Å². The van der Waals surface area contributed by atoms with Gasteiger partial charge in [-0.05, 0) is 19.4 Å². The molecule has 0 saturated carbocycles. The fourth-order valence-electron chi connectivity index (χ4n) is 0.849. The van der Waals surface area contributed by atoms with Crippen LogP contribution in [-0.4, -0.2) is 43.2 Å². The van der Waals surface area contributed by atoms with Crippen molar-refractivity contribution in [2.75, 3.05) is 38.9 Å². The third-order valence-electron chi connectivity index (χ3n) is 1.75. The maximum absolute atomic E-state index is 11.7. The van der Waals surface area contributed by atoms with Crippen molar-refractivity contribution in [1.29, 1.82) is 0 Å². The standard InChI is InChI=1S/C9H19O3S2/c1-4-11-7-8-12-6-5-9(10,13-2)14-3/h4-8H2,1-3H3. The van der Waals surface area contributed by atoms with Crippen LogP contribution in [0.3, 0.4) is 0 Å². The summed E-state index contributed by atoms with van der Waals surface area (Å²) in [5.41, 5.74) is 0. The zero-order chi connectivity index (χ0) is 10.9. The van der Waals surface area contributed by atoms with Crippen LogP contribution in [-0.2, 0) is 14.6 Å². The summed E-state index contributed by atoms with van der Waals surface area (Å²) in [7, 11) is 0. The first-order valence-corrected chi connectivity index (χ1v) is 7.09. The summed E-state index contributed by atoms with van der Waals surface area (Å²) in [6.45, 7) is 4.36. The normalized spacial score (nSPS) is 12.0. The van der Waals surface area contributed by atoms with Crippen LogP contribution >= 0.6 is 23.5 Å². The van der Waals surface area contributed by atoms with Crippen molar-refractivity contribution < 1.29 is 14.6 Å². The molecule has 0 fully saturated rings. The van der Waals surface area contributed by atoms with Gasteiger partial charge in [-0.3, -0.25) is 0 Å². The van der Waals surface area contributed by atoms with Gasteiger partial charge >= 0.3 is 0 Å². The summed E-state index contributed by atoms with van der Waals surface area (Å²) in [6, 6.07) is 0. The Morgan fingerprint density at radius 1 is 1.07 bits per heavy atom. The van der Waals surface area contributed by atoms with Crippen molar-refractivity contribution in [2.24, 2.45) is 0 Å². The van der Waals surface area contributed by atoms with Gasteiger partial charge in [-0.25, -0.2) is 5.11 Å². The van der Waals surface area contributed by atoms with E-state index in [1.165, 1.54) is 23.5 Å². The Balaban J connectivity index is 3.34. The lowest BCUT2D eigenvalue weighted by Crippen LogP contribution is -2.19. The van der Waals surface area contributed by atoms with Crippen molar-refractivity contribution >= 4 is 23.5 Å². The molecule has 1 radical (unpaired) electrons. The van der Waals surface area contributed by atoms with E-state index in [2.05, 4.69) is 0 Å². The molecule has 0 aromatic rings. The van der Waals surface area contributed by atoms with Crippen LogP contribution in [0.2, 0.25) is 0 Å². The fraction of sp³-hybridized carbons (Fsp3) is 1.00. The molecular weight excluding hydrogens is 220 g/mol. The molecule has 0 aliphatic carbocycles. The Bertz CT molecular complexity index is 129. The summed E-state index contributed by atoms with van der Waals surface area (Å²) in [4.78, 5) is 0. The van der Waals surface area contributed by atoms with E-state index >= 15 is 0 Å². The summed E-state index contributed by atoms with van der Waals surface area (Å²) in [5, 5.41) is 11.7. The second kappa shape index (κ2) is 8.85. The van der Waals surface area contributed by atoms with E-state index in [1.807, 2.05) is 19.4 Å². The average molecular weight is 239 g/mol. The number of thioether (sulfide) groups is 2. The van der Waals surface area contributed by atoms with Gasteiger partial charge in [-0.15, -0.1) is 23.5 Å². The molecule has 5 heteroatoms. The van der Waals surface area contributed by atoms with E-state index in [4.69, 9.17) is 9.47 Å². The van der Waals surface area contributed by atoms with Gasteiger partial charge in [-0.2, -0.15) is 0 Å². The minimum Gasteiger partial charge on any atom is -0.379 e. The van der Waals surface area contributed by atoms with Crippen molar-refractivity contribution in [3.8, 4) is 0 Å². The van der Waals surface area contributed by atoms with Gasteiger partial charge in [0.25, 0.3) is 0 Å². The summed E-state index contributed by atoms with van der Waals surface area (Å²) in [5.74, 6) is 0. The molecular formula is C9H19O3S2. The number of ether oxygens (including phenoxy) is 2. The minimum absolute atomic E-state index is 0.512. The van der Waals surface area contributed by atoms with E-state index in [1.54, 1.807) is 0 Å². The molecule has 0 unspecified atom stereocenters. The van der Waals surface area contributed by atoms with Crippen molar-refractivity contribution in [3.05, 3.63) is 0 Å². The van der Waals surface area contributed by atoms with Gasteiger partial charge in [0.2, 0.25) is 0 Å². The van der Waals surface area contributed by atoms with E-state index < -0.39 is 4.27 Å². The molecule has 0 aliphatic heterocycles. The second-order valence-corrected chi connectivity index (χ2v) is 5.04. The highest BCUT2D eigenvalue weighted by Gasteiger charge is 2.26. The first-order chi connectivity index (χ1) is 6.68. The van der Waals surface area contributed by atoms with E-state index in [-0.39, 0.29) is 0 Å². The van der Waals surface area contributed by atoms with Crippen molar-refractivity contribution in [1.82, 2.24) is 0 Å². The number of hydrogen-bond donors (Lipinski definition) is 0. The Labute approximate surface area is 94.9 Å². The third-order valence-corrected chi connectivity index (χ3v) is 4.40. The lowest BCUT2D eigenvalue weighted by Gasteiger charge is -2.20. The van der Waals surface area contributed by atoms with Crippen LogP contribution in [0.5, 0.6) is 0 Å². The Morgan fingerprint density at radius 2 is 1.64 bits per heavy atom. The monoisotopic (exact) mass is 239 g/mol. The highest BCUT2D eigenvalue weighted by atomic mass is 32.2. The molecule has 0 aromatic heterocycles. The molecule has 0 aliphatic rings. The van der Waals surface area contributed by atoms with Gasteiger partial charge in [0.1, 0.15) is 0 Å². The molecule has 0 heterocycles. The summed E-state index contributed by atoms with van der Waals surface area (Å²) >= 11 is 2.67. The first kappa shape index (κ1) is 14.6. The van der Waals surface area contributed by atoms with Gasteiger partial charge in [-0.1, -0.05) is 0 Å². The molecule has 0 N–H and O–H groups in total. The van der Waals surface area contributed by atoms with Crippen LogP contribution in [0.1, 0.15) is 13.3 Å². The molecule has 0 spiro atoms. The highest BCUT2D eigenvalue weighted by Crippen LogP contribution is 2.34. The Hall–Kier alpha value is 0.580. The Morgan fingerprint density at radius 3 is 2.14 bits per heavy atom. The number of hydrogen-bond acceptors (Lipinski definition) is 4. The topological polar surface area (TPSA) is 38.4 Å². The van der Waals surface area contributed by atoms with Crippen LogP contribution < -0.4 is 0 Å². The van der Waals surface area contributed by atoms with Crippen molar-refractivity contribution in [3.63, 3.8) is 0 Å². The van der Waals surface area contributed by atoms with Gasteiger partial charge < -0.3 is 9.47 Å². The lowest BCUT2D eigenvalue weighted by molar-refractivity contribution is 0.0324. The lowest BCUT2D eigenvalue weighted by atomic mass is 10.5. The predicted octanol–water partition coefficient (Wildman–Crippen LogP) is 2.24.